The van der Waals surface area contributed by atoms with E-state index >= 15 is 0 Å². The minimum atomic E-state index is -0.482. The Balaban J connectivity index is 1.62. The van der Waals surface area contributed by atoms with Crippen LogP contribution in [0.5, 0.6) is 0 Å². The van der Waals surface area contributed by atoms with Crippen molar-refractivity contribution in [1.29, 1.82) is 0 Å². The summed E-state index contributed by atoms with van der Waals surface area (Å²) in [7, 11) is 1.30. The van der Waals surface area contributed by atoms with Gasteiger partial charge in [0.2, 0.25) is 11.8 Å². The second-order valence-corrected chi connectivity index (χ2v) is 7.55. The van der Waals surface area contributed by atoms with Gasteiger partial charge in [-0.1, -0.05) is 26.0 Å². The van der Waals surface area contributed by atoms with Crippen molar-refractivity contribution < 1.29 is 23.5 Å². The van der Waals surface area contributed by atoms with Crippen LogP contribution in [0.2, 0.25) is 0 Å². The number of aryl methyl sites for hydroxylation is 1. The first-order valence-electron chi connectivity index (χ1n) is 9.65. The lowest BCUT2D eigenvalue weighted by molar-refractivity contribution is -0.126. The van der Waals surface area contributed by atoms with Gasteiger partial charge in [0.15, 0.2) is 0 Å². The first-order valence-corrected chi connectivity index (χ1v) is 9.65. The van der Waals surface area contributed by atoms with Gasteiger partial charge in [0, 0.05) is 18.7 Å². The third-order valence-electron chi connectivity index (χ3n) is 5.16. The molecule has 1 aliphatic heterocycles. The van der Waals surface area contributed by atoms with Crippen LogP contribution in [-0.2, 0) is 20.9 Å². The highest BCUT2D eigenvalue weighted by atomic mass is 16.5. The summed E-state index contributed by atoms with van der Waals surface area (Å²) in [5.74, 6) is 0.0713. The number of ether oxygens (including phenoxy) is 1. The van der Waals surface area contributed by atoms with E-state index in [-0.39, 0.29) is 24.8 Å². The summed E-state index contributed by atoms with van der Waals surface area (Å²) in [6.07, 6.45) is 0.169. The van der Waals surface area contributed by atoms with E-state index in [9.17, 15) is 14.4 Å². The number of nitrogens with one attached hydrogen (secondary N) is 1. The second-order valence-electron chi connectivity index (χ2n) is 7.55. The molecule has 1 N–H and O–H groups in total. The van der Waals surface area contributed by atoms with Crippen molar-refractivity contribution in [2.45, 2.75) is 39.7 Å². The highest BCUT2D eigenvalue weighted by molar-refractivity contribution is 6.00. The number of methoxy groups -OCH3 is 1. The van der Waals surface area contributed by atoms with Gasteiger partial charge in [0.25, 0.3) is 0 Å². The molecule has 1 atom stereocenters. The van der Waals surface area contributed by atoms with Gasteiger partial charge in [-0.3, -0.25) is 9.59 Å². The van der Waals surface area contributed by atoms with Crippen molar-refractivity contribution >= 4 is 23.5 Å². The smallest absolute Gasteiger partial charge is 0.341 e. The molecule has 1 saturated heterocycles. The number of furan rings is 1. The highest BCUT2D eigenvalue weighted by Crippen LogP contribution is 2.28. The molecule has 1 fully saturated rings. The SMILES string of the molecule is COC(=O)c1cc(CNC(=O)C2CC(=O)N(c3cccc(C(C)C)c3)C2)oc1C. The first kappa shape index (κ1) is 20.6. The predicted octanol–water partition coefficient (Wildman–Crippen LogP) is 3.17. The largest absolute Gasteiger partial charge is 0.465 e. The zero-order chi connectivity index (χ0) is 21.1. The maximum absolute atomic E-state index is 12.6. The Morgan fingerprint density at radius 3 is 2.76 bits per heavy atom. The number of benzene rings is 1. The van der Waals surface area contributed by atoms with Crippen LogP contribution in [0.4, 0.5) is 5.69 Å². The van der Waals surface area contributed by atoms with Crippen LogP contribution in [0.25, 0.3) is 0 Å². The molecule has 29 heavy (non-hydrogen) atoms. The standard InChI is InChI=1S/C22H26N2O5/c1-13(2)15-6-5-7-17(8-15)24-12-16(9-20(24)25)21(26)23-11-18-10-19(14(3)29-18)22(27)28-4/h5-8,10,13,16H,9,11-12H2,1-4H3,(H,23,26). The summed E-state index contributed by atoms with van der Waals surface area (Å²) in [5.41, 5.74) is 2.31. The second kappa shape index (κ2) is 8.51. The third-order valence-corrected chi connectivity index (χ3v) is 5.16. The van der Waals surface area contributed by atoms with Gasteiger partial charge in [-0.25, -0.2) is 4.79 Å². The molecule has 2 heterocycles. The molecule has 0 saturated carbocycles. The number of amides is 2. The van der Waals surface area contributed by atoms with Gasteiger partial charge in [0.05, 0.1) is 19.6 Å². The quantitative estimate of drug-likeness (QED) is 0.755. The Bertz CT molecular complexity index is 931. The van der Waals surface area contributed by atoms with E-state index in [1.54, 1.807) is 17.9 Å². The molecule has 1 aromatic heterocycles. The maximum Gasteiger partial charge on any atom is 0.341 e. The number of rotatable bonds is 6. The van der Waals surface area contributed by atoms with E-state index in [2.05, 4.69) is 19.2 Å². The van der Waals surface area contributed by atoms with Crippen LogP contribution in [0, 0.1) is 12.8 Å². The van der Waals surface area contributed by atoms with Gasteiger partial charge in [-0.15, -0.1) is 0 Å². The fraction of sp³-hybridized carbons (Fsp3) is 0.409. The molecule has 0 aliphatic carbocycles. The Hall–Kier alpha value is -3.09. The molecule has 154 valence electrons. The molecule has 1 aliphatic rings. The van der Waals surface area contributed by atoms with Crippen molar-refractivity contribution in [3.05, 3.63) is 53.0 Å². The van der Waals surface area contributed by atoms with E-state index in [1.807, 2.05) is 24.3 Å². The maximum atomic E-state index is 12.6. The number of hydrogen-bond donors (Lipinski definition) is 1. The summed E-state index contributed by atoms with van der Waals surface area (Å²) in [5, 5.41) is 2.80. The van der Waals surface area contributed by atoms with Gasteiger partial charge >= 0.3 is 5.97 Å². The molecule has 1 aromatic carbocycles. The van der Waals surface area contributed by atoms with Crippen LogP contribution in [-0.4, -0.2) is 31.4 Å². The van der Waals surface area contributed by atoms with E-state index in [4.69, 9.17) is 9.15 Å². The fourth-order valence-electron chi connectivity index (χ4n) is 3.45. The number of anilines is 1. The van der Waals surface area contributed by atoms with Gasteiger partial charge < -0.3 is 19.4 Å². The van der Waals surface area contributed by atoms with Crippen LogP contribution in [0.3, 0.4) is 0 Å². The Labute approximate surface area is 170 Å². The van der Waals surface area contributed by atoms with Crippen LogP contribution in [0.1, 0.15) is 53.6 Å². The number of esters is 1. The van der Waals surface area contributed by atoms with Crippen molar-refractivity contribution in [2.24, 2.45) is 5.92 Å². The lowest BCUT2D eigenvalue weighted by Crippen LogP contribution is -2.32. The summed E-state index contributed by atoms with van der Waals surface area (Å²) in [6.45, 7) is 6.35. The topological polar surface area (TPSA) is 88.8 Å². The summed E-state index contributed by atoms with van der Waals surface area (Å²) in [6, 6.07) is 9.42. The zero-order valence-electron chi connectivity index (χ0n) is 17.2. The lowest BCUT2D eigenvalue weighted by atomic mass is 10.0. The molecule has 0 radical (unpaired) electrons. The van der Waals surface area contributed by atoms with Gasteiger partial charge in [-0.2, -0.15) is 0 Å². The number of hydrogen-bond acceptors (Lipinski definition) is 5. The normalized spacial score (nSPS) is 16.4. The molecule has 7 nitrogen and oxygen atoms in total. The summed E-state index contributed by atoms with van der Waals surface area (Å²) in [4.78, 5) is 38.4. The van der Waals surface area contributed by atoms with Crippen LogP contribution >= 0.6 is 0 Å². The highest BCUT2D eigenvalue weighted by Gasteiger charge is 2.35. The Kier molecular flexibility index (Phi) is 6.06. The first-order chi connectivity index (χ1) is 13.8. The minimum Gasteiger partial charge on any atom is -0.465 e. The fourth-order valence-corrected chi connectivity index (χ4v) is 3.45. The predicted molar refractivity (Wildman–Crippen MR) is 108 cm³/mol. The van der Waals surface area contributed by atoms with Crippen molar-refractivity contribution in [3.63, 3.8) is 0 Å². The number of carbonyl (C=O) groups is 3. The average molecular weight is 398 g/mol. The molecule has 2 aromatic rings. The molecule has 1 unspecified atom stereocenters. The molecular formula is C22H26N2O5. The van der Waals surface area contributed by atoms with Crippen molar-refractivity contribution in [3.8, 4) is 0 Å². The molecule has 2 amide bonds. The molecular weight excluding hydrogens is 372 g/mol. The van der Waals surface area contributed by atoms with E-state index in [1.165, 1.54) is 7.11 Å². The average Bonchev–Trinajstić information content (AvgIpc) is 3.28. The molecule has 3 rings (SSSR count). The molecule has 0 spiro atoms. The third kappa shape index (κ3) is 4.50. The van der Waals surface area contributed by atoms with E-state index < -0.39 is 11.9 Å². The van der Waals surface area contributed by atoms with Crippen LogP contribution < -0.4 is 10.2 Å². The summed E-state index contributed by atoms with van der Waals surface area (Å²) >= 11 is 0. The Morgan fingerprint density at radius 1 is 1.31 bits per heavy atom. The monoisotopic (exact) mass is 398 g/mol. The van der Waals surface area contributed by atoms with Gasteiger partial charge in [-0.05, 0) is 36.6 Å². The van der Waals surface area contributed by atoms with E-state index in [0.29, 0.717) is 29.5 Å². The zero-order valence-corrected chi connectivity index (χ0v) is 17.2. The number of nitrogens with zero attached hydrogens (tertiary/aromatic N) is 1. The molecule has 0 bridgehead atoms. The van der Waals surface area contributed by atoms with E-state index in [0.717, 1.165) is 11.3 Å². The van der Waals surface area contributed by atoms with Crippen molar-refractivity contribution in [1.82, 2.24) is 5.32 Å². The molecule has 7 heteroatoms. The minimum absolute atomic E-state index is 0.0622. The summed E-state index contributed by atoms with van der Waals surface area (Å²) < 4.78 is 10.2. The van der Waals surface area contributed by atoms with Crippen molar-refractivity contribution in [2.75, 3.05) is 18.6 Å². The number of carbonyl (C=O) groups excluding carboxylic acids is 3. The Morgan fingerprint density at radius 2 is 2.07 bits per heavy atom. The van der Waals surface area contributed by atoms with Gasteiger partial charge in [0.1, 0.15) is 17.1 Å². The lowest BCUT2D eigenvalue weighted by Gasteiger charge is -2.18. The van der Waals surface area contributed by atoms with Crippen LogP contribution in [0.15, 0.2) is 34.7 Å².